The van der Waals surface area contributed by atoms with E-state index in [0.717, 1.165) is 16.0 Å². The van der Waals surface area contributed by atoms with Crippen LogP contribution in [0, 0.1) is 0 Å². The van der Waals surface area contributed by atoms with Crippen molar-refractivity contribution >= 4 is 46.2 Å². The molecule has 1 saturated heterocycles. The van der Waals surface area contributed by atoms with Gasteiger partial charge in [0, 0.05) is 84.5 Å². The predicted octanol–water partition coefficient (Wildman–Crippen LogP) is 4.19. The minimum Gasteiger partial charge on any atom is -0.419 e. The van der Waals surface area contributed by atoms with E-state index in [9.17, 15) is 14.4 Å². The summed E-state index contributed by atoms with van der Waals surface area (Å²) in [5.41, 5.74) is 1.57. The lowest BCUT2D eigenvalue weighted by atomic mass is 10.1. The third kappa shape index (κ3) is 18.0. The predicted molar refractivity (Wildman–Crippen MR) is 209 cm³/mol. The molecule has 1 aromatic carbocycles. The van der Waals surface area contributed by atoms with Crippen molar-refractivity contribution in [1.82, 2.24) is 25.8 Å². The van der Waals surface area contributed by atoms with E-state index in [1.165, 1.54) is 0 Å². The van der Waals surface area contributed by atoms with E-state index in [0.29, 0.717) is 117 Å². The standard InChI is InChI=1S/C35H64N5O11Si3/c1-7-46-53(47-8-2,48-9-3)23-15-20-36-33(41)39(28-32-29-44-32)26-30-17-13-18-31(25-30)27-40(34(42)37-19-14-22-45-52)35(43)38-21-16-24-54(49-10-4,50-11-5)51-12-6/h13,17-18,25,32H,7-12,14-16,19-24,26-29H2,1-6H3,(H,36,41)(H,37,42)(H,38,43). The quantitative estimate of drug-likeness (QED) is 0.0579. The number of epoxide rings is 1. The second kappa shape index (κ2) is 27.2. The Hall–Kier alpha value is -2.44. The monoisotopic (exact) mass is 814 g/mol. The number of amides is 6. The molecule has 1 unspecified atom stereocenters. The summed E-state index contributed by atoms with van der Waals surface area (Å²) < 4.78 is 46.0. The van der Waals surface area contributed by atoms with E-state index in [4.69, 9.17) is 35.7 Å². The number of nitrogens with one attached hydrogen (secondary N) is 3. The van der Waals surface area contributed by atoms with Crippen LogP contribution < -0.4 is 16.0 Å². The molecule has 2 rings (SSSR count). The first-order chi connectivity index (χ1) is 26.1. The SMILES string of the molecule is CCO[Si](CCCNC(=O)N(Cc1cccc(CN(C(=O)NCCCO[Si])C(=O)NCCC[Si](OCC)(OCC)OCC)c1)CC1CO1)(OCC)OCC. The average molecular weight is 815 g/mol. The maximum Gasteiger partial charge on any atom is 0.500 e. The number of imide groups is 1. The van der Waals surface area contributed by atoms with Crippen molar-refractivity contribution in [3.8, 4) is 0 Å². The van der Waals surface area contributed by atoms with E-state index in [-0.39, 0.29) is 18.7 Å². The molecule has 1 heterocycles. The fraction of sp³-hybridized carbons (Fsp3) is 0.743. The molecule has 0 aromatic heterocycles. The Morgan fingerprint density at radius 2 is 1.13 bits per heavy atom. The first-order valence-corrected chi connectivity index (χ1v) is 23.6. The van der Waals surface area contributed by atoms with Gasteiger partial charge in [0.1, 0.15) is 0 Å². The number of hydrogen-bond acceptors (Lipinski definition) is 11. The molecule has 0 aliphatic carbocycles. The van der Waals surface area contributed by atoms with Crippen LogP contribution in [0.4, 0.5) is 14.4 Å². The summed E-state index contributed by atoms with van der Waals surface area (Å²) in [5, 5.41) is 8.72. The molecule has 54 heavy (non-hydrogen) atoms. The Kier molecular flexibility index (Phi) is 24.0. The highest BCUT2D eigenvalue weighted by molar-refractivity contribution is 6.61. The lowest BCUT2D eigenvalue weighted by Gasteiger charge is -2.28. The van der Waals surface area contributed by atoms with Crippen LogP contribution in [0.1, 0.15) is 71.9 Å². The van der Waals surface area contributed by atoms with Crippen LogP contribution in [0.15, 0.2) is 24.3 Å². The van der Waals surface area contributed by atoms with Crippen molar-refractivity contribution in [2.24, 2.45) is 0 Å². The Morgan fingerprint density at radius 1 is 0.704 bits per heavy atom. The first-order valence-electron chi connectivity index (χ1n) is 19.3. The lowest BCUT2D eigenvalue weighted by molar-refractivity contribution is 0.0700. The van der Waals surface area contributed by atoms with Gasteiger partial charge in [-0.1, -0.05) is 24.3 Å². The van der Waals surface area contributed by atoms with Crippen LogP contribution in [0.3, 0.4) is 0 Å². The van der Waals surface area contributed by atoms with Crippen LogP contribution in [-0.2, 0) is 48.8 Å². The van der Waals surface area contributed by atoms with Crippen molar-refractivity contribution < 1.29 is 50.1 Å². The zero-order valence-electron chi connectivity index (χ0n) is 33.2. The van der Waals surface area contributed by atoms with Crippen molar-refractivity contribution in [3.05, 3.63) is 35.4 Å². The number of ether oxygens (including phenoxy) is 1. The third-order valence-electron chi connectivity index (χ3n) is 8.07. The van der Waals surface area contributed by atoms with Gasteiger partial charge in [-0.3, -0.25) is 0 Å². The average Bonchev–Trinajstić information content (AvgIpc) is 3.97. The largest absolute Gasteiger partial charge is 0.500 e. The van der Waals surface area contributed by atoms with Crippen molar-refractivity contribution in [1.29, 1.82) is 0 Å². The molecule has 1 aliphatic heterocycles. The summed E-state index contributed by atoms with van der Waals surface area (Å²) in [4.78, 5) is 43.1. The highest BCUT2D eigenvalue weighted by Gasteiger charge is 2.40. The van der Waals surface area contributed by atoms with E-state index < -0.39 is 29.7 Å². The van der Waals surface area contributed by atoms with Gasteiger partial charge in [-0.05, 0) is 71.9 Å². The van der Waals surface area contributed by atoms with Crippen molar-refractivity contribution in [2.45, 2.75) is 92.1 Å². The Labute approximate surface area is 327 Å². The van der Waals surface area contributed by atoms with Crippen LogP contribution >= 0.6 is 0 Å². The second-order valence-corrected chi connectivity index (χ2v) is 18.1. The molecule has 3 N–H and O–H groups in total. The molecular formula is C35H64N5O11Si3. The summed E-state index contributed by atoms with van der Waals surface area (Å²) in [5.74, 6) is 0. The van der Waals surface area contributed by atoms with E-state index in [1.807, 2.05) is 65.8 Å². The van der Waals surface area contributed by atoms with Gasteiger partial charge in [0.05, 0.1) is 25.8 Å². The molecule has 0 bridgehead atoms. The van der Waals surface area contributed by atoms with Crippen LogP contribution in [0.5, 0.6) is 0 Å². The molecule has 6 amide bonds. The first kappa shape index (κ1) is 47.7. The Bertz CT molecular complexity index is 1190. The van der Waals surface area contributed by atoms with E-state index in [1.54, 1.807) is 4.90 Å². The van der Waals surface area contributed by atoms with Crippen molar-refractivity contribution in [3.63, 3.8) is 0 Å². The number of nitrogens with zero attached hydrogens (tertiary/aromatic N) is 2. The molecule has 0 saturated carbocycles. The fourth-order valence-electron chi connectivity index (χ4n) is 5.75. The molecule has 1 atom stereocenters. The smallest absolute Gasteiger partial charge is 0.419 e. The van der Waals surface area contributed by atoms with Crippen LogP contribution in [-0.4, -0.2) is 141 Å². The van der Waals surface area contributed by atoms with Gasteiger partial charge in [0.25, 0.3) is 0 Å². The normalized spacial score (nSPS) is 14.1. The number of urea groups is 3. The highest BCUT2D eigenvalue weighted by Crippen LogP contribution is 2.20. The number of carbonyl (C=O) groups is 3. The van der Waals surface area contributed by atoms with Crippen molar-refractivity contribution in [2.75, 3.05) is 79.0 Å². The van der Waals surface area contributed by atoms with E-state index >= 15 is 0 Å². The molecule has 1 aromatic rings. The van der Waals surface area contributed by atoms with Gasteiger partial charge in [0.2, 0.25) is 10.5 Å². The van der Waals surface area contributed by atoms with Gasteiger partial charge in [-0.15, -0.1) is 0 Å². The molecule has 1 aliphatic rings. The molecule has 16 nitrogen and oxygen atoms in total. The van der Waals surface area contributed by atoms with Crippen LogP contribution in [0.25, 0.3) is 0 Å². The number of carbonyl (C=O) groups excluding carboxylic acids is 3. The van der Waals surface area contributed by atoms with Gasteiger partial charge >= 0.3 is 35.7 Å². The van der Waals surface area contributed by atoms with Gasteiger partial charge in [-0.25, -0.2) is 19.3 Å². The number of rotatable bonds is 30. The fourth-order valence-corrected chi connectivity index (χ4v) is 11.1. The summed E-state index contributed by atoms with van der Waals surface area (Å²) in [6.07, 6.45) is 1.71. The summed E-state index contributed by atoms with van der Waals surface area (Å²) >= 11 is 0. The molecule has 19 heteroatoms. The Morgan fingerprint density at radius 3 is 1.56 bits per heavy atom. The maximum absolute atomic E-state index is 13.5. The molecule has 1 fully saturated rings. The van der Waals surface area contributed by atoms with Gasteiger partial charge in [-0.2, -0.15) is 0 Å². The molecule has 3 radical (unpaired) electrons. The van der Waals surface area contributed by atoms with E-state index in [2.05, 4.69) is 26.4 Å². The zero-order chi connectivity index (χ0) is 39.7. The van der Waals surface area contributed by atoms with Gasteiger partial charge < -0.3 is 56.6 Å². The summed E-state index contributed by atoms with van der Waals surface area (Å²) in [6, 6.07) is 7.34. The minimum absolute atomic E-state index is 0.0126. The van der Waals surface area contributed by atoms with Gasteiger partial charge in [0.15, 0.2) is 0 Å². The third-order valence-corrected chi connectivity index (χ3v) is 14.6. The summed E-state index contributed by atoms with van der Waals surface area (Å²) in [6.45, 7) is 17.1. The summed E-state index contributed by atoms with van der Waals surface area (Å²) in [7, 11) is -2.72. The molecule has 0 spiro atoms. The van der Waals surface area contributed by atoms with Crippen LogP contribution in [0.2, 0.25) is 12.1 Å². The molecular weight excluding hydrogens is 751 g/mol. The minimum atomic E-state index is -2.88. The topological polar surface area (TPSA) is 171 Å². The Balaban J connectivity index is 2.11. The maximum atomic E-state index is 13.5. The number of hydrogen-bond donors (Lipinski definition) is 3. The highest BCUT2D eigenvalue weighted by atomic mass is 28.4. The lowest BCUT2D eigenvalue weighted by Crippen LogP contribution is -2.49. The number of benzene rings is 1. The zero-order valence-corrected chi connectivity index (χ0v) is 36.2. The second-order valence-electron chi connectivity index (χ2n) is 12.3. The molecule has 307 valence electrons.